The molecule has 0 aromatic rings. The van der Waals surface area contributed by atoms with Crippen molar-refractivity contribution in [2.75, 3.05) is 13.1 Å². The Hall–Kier alpha value is -2.32. The second-order valence-electron chi connectivity index (χ2n) is 3.42. The van der Waals surface area contributed by atoms with Crippen molar-refractivity contribution >= 4 is 23.9 Å². The smallest absolute Gasteiger partial charge is 0.326 e. The van der Waals surface area contributed by atoms with Gasteiger partial charge in [-0.3, -0.25) is 9.59 Å². The van der Waals surface area contributed by atoms with Gasteiger partial charge in [-0.15, -0.1) is 0 Å². The van der Waals surface area contributed by atoms with Crippen LogP contribution in [0.5, 0.6) is 0 Å². The summed E-state index contributed by atoms with van der Waals surface area (Å²) in [5.41, 5.74) is 4.91. The van der Waals surface area contributed by atoms with Crippen LogP contribution in [-0.2, 0) is 14.4 Å². The maximum Gasteiger partial charge on any atom is 0.326 e. The lowest BCUT2D eigenvalue weighted by atomic mass is 10.2. The number of carboxylic acid groups (broad SMARTS) is 2. The maximum atomic E-state index is 11.6. The van der Waals surface area contributed by atoms with Gasteiger partial charge in [0, 0.05) is 6.54 Å². The van der Waals surface area contributed by atoms with E-state index in [0.717, 1.165) is 4.90 Å². The van der Waals surface area contributed by atoms with Gasteiger partial charge in [0.15, 0.2) is 0 Å². The number of rotatable bonds is 7. The van der Waals surface area contributed by atoms with E-state index in [4.69, 9.17) is 15.9 Å². The average molecular weight is 261 g/mol. The quantitative estimate of drug-likeness (QED) is 0.434. The summed E-state index contributed by atoms with van der Waals surface area (Å²) < 4.78 is 0. The summed E-state index contributed by atoms with van der Waals surface area (Å²) in [6, 6.07) is -2.41. The van der Waals surface area contributed by atoms with E-state index in [-0.39, 0.29) is 13.1 Å². The summed E-state index contributed by atoms with van der Waals surface area (Å²) >= 11 is 0. The number of nitrogens with one attached hydrogen (secondary N) is 1. The van der Waals surface area contributed by atoms with E-state index >= 15 is 0 Å². The van der Waals surface area contributed by atoms with Crippen LogP contribution in [0.4, 0.5) is 4.79 Å². The molecule has 0 radical (unpaired) electrons. The Morgan fingerprint density at radius 3 is 2.17 bits per heavy atom. The fourth-order valence-corrected chi connectivity index (χ4v) is 1.13. The molecule has 0 aromatic carbocycles. The maximum absolute atomic E-state index is 11.6. The Balaban J connectivity index is 4.60. The van der Waals surface area contributed by atoms with Crippen molar-refractivity contribution in [1.82, 2.24) is 10.2 Å². The molecule has 5 N–H and O–H groups in total. The van der Waals surface area contributed by atoms with E-state index in [2.05, 4.69) is 0 Å². The highest BCUT2D eigenvalue weighted by molar-refractivity contribution is 5.88. The molecule has 9 heteroatoms. The van der Waals surface area contributed by atoms with Crippen molar-refractivity contribution in [3.63, 3.8) is 0 Å². The molecule has 0 aliphatic carbocycles. The van der Waals surface area contributed by atoms with E-state index in [1.807, 2.05) is 5.32 Å². The molecule has 0 aliphatic rings. The van der Waals surface area contributed by atoms with Gasteiger partial charge in [-0.25, -0.2) is 9.59 Å². The Morgan fingerprint density at radius 1 is 1.28 bits per heavy atom. The SMILES string of the molecule is CCN(CC(N)=O)C(=O)N[C@@H](CC(=O)O)C(=O)O. The minimum Gasteiger partial charge on any atom is -0.481 e. The van der Waals surface area contributed by atoms with Gasteiger partial charge < -0.3 is 26.2 Å². The van der Waals surface area contributed by atoms with E-state index in [9.17, 15) is 19.2 Å². The third-order valence-electron chi connectivity index (χ3n) is 1.99. The molecular weight excluding hydrogens is 246 g/mol. The number of urea groups is 1. The zero-order valence-corrected chi connectivity index (χ0v) is 9.75. The number of nitrogens with two attached hydrogens (primary N) is 1. The van der Waals surface area contributed by atoms with E-state index in [0.29, 0.717) is 0 Å². The molecule has 0 bridgehead atoms. The minimum absolute atomic E-state index is 0.133. The first-order valence-electron chi connectivity index (χ1n) is 5.06. The third-order valence-corrected chi connectivity index (χ3v) is 1.99. The zero-order valence-electron chi connectivity index (χ0n) is 9.75. The molecule has 0 unspecified atom stereocenters. The topological polar surface area (TPSA) is 150 Å². The highest BCUT2D eigenvalue weighted by Gasteiger charge is 2.25. The predicted molar refractivity (Wildman–Crippen MR) is 58.6 cm³/mol. The van der Waals surface area contributed by atoms with Gasteiger partial charge in [-0.2, -0.15) is 0 Å². The molecule has 9 nitrogen and oxygen atoms in total. The van der Waals surface area contributed by atoms with Crippen molar-refractivity contribution in [2.45, 2.75) is 19.4 Å². The number of hydrogen-bond donors (Lipinski definition) is 4. The predicted octanol–water partition coefficient (Wildman–Crippen LogP) is -1.57. The minimum atomic E-state index is -1.56. The van der Waals surface area contributed by atoms with Crippen molar-refractivity contribution in [3.8, 4) is 0 Å². The highest BCUT2D eigenvalue weighted by Crippen LogP contribution is 1.96. The summed E-state index contributed by atoms with van der Waals surface area (Å²) in [4.78, 5) is 44.3. The second-order valence-corrected chi connectivity index (χ2v) is 3.42. The fourth-order valence-electron chi connectivity index (χ4n) is 1.13. The molecule has 0 fully saturated rings. The van der Waals surface area contributed by atoms with E-state index in [1.54, 1.807) is 6.92 Å². The lowest BCUT2D eigenvalue weighted by molar-refractivity contribution is -0.145. The molecule has 0 aliphatic heterocycles. The van der Waals surface area contributed by atoms with Gasteiger partial charge in [0.05, 0.1) is 6.42 Å². The molecular formula is C9H15N3O6. The second kappa shape index (κ2) is 7.09. The van der Waals surface area contributed by atoms with Gasteiger partial charge in [-0.1, -0.05) is 0 Å². The van der Waals surface area contributed by atoms with Gasteiger partial charge in [0.1, 0.15) is 12.6 Å². The molecule has 3 amide bonds. The molecule has 0 saturated carbocycles. The average Bonchev–Trinajstić information content (AvgIpc) is 2.23. The monoisotopic (exact) mass is 261 g/mol. The standard InChI is InChI=1S/C9H15N3O6/c1-2-12(4-6(10)13)9(18)11-5(8(16)17)3-7(14)15/h5H,2-4H2,1H3,(H2,10,13)(H,11,18)(H,14,15)(H,16,17)/t5-/m0/s1. The molecule has 18 heavy (non-hydrogen) atoms. The summed E-state index contributed by atoms with van der Waals surface area (Å²) in [7, 11) is 0. The molecule has 1 atom stereocenters. The van der Waals surface area contributed by atoms with Crippen LogP contribution in [0, 0.1) is 0 Å². The zero-order chi connectivity index (χ0) is 14.3. The number of carbonyl (C=O) groups excluding carboxylic acids is 2. The number of nitrogens with zero attached hydrogens (tertiary/aromatic N) is 1. The largest absolute Gasteiger partial charge is 0.481 e. The number of carboxylic acids is 2. The number of aliphatic carboxylic acids is 2. The van der Waals surface area contributed by atoms with E-state index in [1.165, 1.54) is 0 Å². The molecule has 0 saturated heterocycles. The lowest BCUT2D eigenvalue weighted by Gasteiger charge is -2.22. The fraction of sp³-hybridized carbons (Fsp3) is 0.556. The number of hydrogen-bond acceptors (Lipinski definition) is 4. The van der Waals surface area contributed by atoms with Crippen LogP contribution in [-0.4, -0.2) is 58.1 Å². The van der Waals surface area contributed by atoms with Crippen LogP contribution >= 0.6 is 0 Å². The third kappa shape index (κ3) is 5.68. The summed E-state index contributed by atoms with van der Waals surface area (Å²) in [5.74, 6) is -3.58. The summed E-state index contributed by atoms with van der Waals surface area (Å²) in [6.07, 6.45) is -0.755. The first kappa shape index (κ1) is 15.7. The molecule has 0 rings (SSSR count). The summed E-state index contributed by atoms with van der Waals surface area (Å²) in [6.45, 7) is 1.32. The van der Waals surface area contributed by atoms with Gasteiger partial charge >= 0.3 is 18.0 Å². The van der Waals surface area contributed by atoms with Crippen LogP contribution in [0.3, 0.4) is 0 Å². The van der Waals surface area contributed by atoms with Gasteiger partial charge in [-0.05, 0) is 6.92 Å². The lowest BCUT2D eigenvalue weighted by Crippen LogP contribution is -2.50. The Kier molecular flexibility index (Phi) is 6.18. The number of amides is 3. The Bertz CT molecular complexity index is 356. The van der Waals surface area contributed by atoms with Crippen molar-refractivity contribution < 1.29 is 29.4 Å². The van der Waals surface area contributed by atoms with Crippen molar-refractivity contribution in [3.05, 3.63) is 0 Å². The molecule has 102 valence electrons. The van der Waals surface area contributed by atoms with Crippen LogP contribution < -0.4 is 11.1 Å². The van der Waals surface area contributed by atoms with Gasteiger partial charge in [0.2, 0.25) is 5.91 Å². The normalized spacial score (nSPS) is 11.4. The number of primary amides is 1. The van der Waals surface area contributed by atoms with Crippen molar-refractivity contribution in [2.24, 2.45) is 5.73 Å². The van der Waals surface area contributed by atoms with Crippen molar-refractivity contribution in [1.29, 1.82) is 0 Å². The number of carbonyl (C=O) groups is 4. The first-order valence-corrected chi connectivity index (χ1v) is 5.06. The summed E-state index contributed by atoms with van der Waals surface area (Å²) in [5, 5.41) is 19.2. The molecule has 0 spiro atoms. The van der Waals surface area contributed by atoms with Crippen LogP contribution in [0.1, 0.15) is 13.3 Å². The van der Waals surface area contributed by atoms with Crippen LogP contribution in [0.15, 0.2) is 0 Å². The highest BCUT2D eigenvalue weighted by atomic mass is 16.4. The Labute approximate surface area is 103 Å². The molecule has 0 heterocycles. The Morgan fingerprint density at radius 2 is 1.83 bits per heavy atom. The van der Waals surface area contributed by atoms with Crippen LogP contribution in [0.2, 0.25) is 0 Å². The number of likely N-dealkylation sites (N-methyl/N-ethyl adjacent to an activating group) is 1. The van der Waals surface area contributed by atoms with E-state index < -0.39 is 36.3 Å². The first-order chi connectivity index (χ1) is 8.27. The van der Waals surface area contributed by atoms with Crippen LogP contribution in [0.25, 0.3) is 0 Å². The molecule has 0 aromatic heterocycles. The van der Waals surface area contributed by atoms with Gasteiger partial charge in [0.25, 0.3) is 0 Å².